The van der Waals surface area contributed by atoms with E-state index < -0.39 is 16.8 Å². The second-order valence-electron chi connectivity index (χ2n) is 13.8. The van der Waals surface area contributed by atoms with Crippen molar-refractivity contribution >= 4 is 55.6 Å². The van der Waals surface area contributed by atoms with E-state index in [4.69, 9.17) is 9.47 Å². The first-order valence-electron chi connectivity index (χ1n) is 16.3. The lowest BCUT2D eigenvalue weighted by atomic mass is 9.86. The summed E-state index contributed by atoms with van der Waals surface area (Å²) in [5, 5.41) is 0. The van der Waals surface area contributed by atoms with E-state index in [9.17, 15) is 9.59 Å². The van der Waals surface area contributed by atoms with Gasteiger partial charge in [0.1, 0.15) is 11.2 Å². The molecule has 2 aliphatic carbocycles. The first-order valence-corrected chi connectivity index (χ1v) is 17.9. The summed E-state index contributed by atoms with van der Waals surface area (Å²) in [6, 6.07) is 12.5. The summed E-state index contributed by atoms with van der Waals surface area (Å²) in [5.74, 6) is 0.361. The van der Waals surface area contributed by atoms with Gasteiger partial charge in [0.05, 0.1) is 11.2 Å². The summed E-state index contributed by atoms with van der Waals surface area (Å²) in [7, 11) is 0. The second kappa shape index (κ2) is 12.7. The summed E-state index contributed by atoms with van der Waals surface area (Å²) in [4.78, 5) is 25.9. The lowest BCUT2D eigenvalue weighted by Gasteiger charge is -2.26. The minimum Gasteiger partial charge on any atom is -0.356 e. The molecule has 0 bridgehead atoms. The zero-order chi connectivity index (χ0) is 31.9. The predicted octanol–water partition coefficient (Wildman–Crippen LogP) is 10.2. The molecule has 2 heterocycles. The first kappa shape index (κ1) is 33.5. The number of carbonyl (C=O) groups excluding carboxylic acids is 2. The fourth-order valence-electron chi connectivity index (χ4n) is 7.61. The van der Waals surface area contributed by atoms with Gasteiger partial charge in [0, 0.05) is 20.1 Å². The number of rotatable bonds is 4. The van der Waals surface area contributed by atoms with Gasteiger partial charge in [0.25, 0.3) is 0 Å². The molecule has 0 amide bonds. The molecule has 0 unspecified atom stereocenters. The molecule has 2 aliphatic heterocycles. The van der Waals surface area contributed by atoms with Crippen LogP contribution >= 0.6 is 31.9 Å². The summed E-state index contributed by atoms with van der Waals surface area (Å²) in [6.45, 7) is 12.1. The predicted molar refractivity (Wildman–Crippen MR) is 186 cm³/mol. The minimum absolute atomic E-state index is 0.152. The Hall–Kier alpha value is -1.86. The maximum Gasteiger partial charge on any atom is 0.193 e. The van der Waals surface area contributed by atoms with Crippen LogP contribution in [0.3, 0.4) is 0 Å². The molecule has 44 heavy (non-hydrogen) atoms. The van der Waals surface area contributed by atoms with Crippen molar-refractivity contribution in [3.05, 3.63) is 78.7 Å². The average Bonchev–Trinajstić information content (AvgIpc) is 3.72. The summed E-state index contributed by atoms with van der Waals surface area (Å²) >= 11 is 7.05. The summed E-state index contributed by atoms with van der Waals surface area (Å²) in [5.41, 5.74) is 4.39. The van der Waals surface area contributed by atoms with Crippen LogP contribution < -0.4 is 0 Å². The maximum atomic E-state index is 13.0. The number of hydrogen-bond acceptors (Lipinski definition) is 4. The Morgan fingerprint density at radius 2 is 1.07 bits per heavy atom. The number of hydrogen-bond donors (Lipinski definition) is 0. The lowest BCUT2D eigenvalue weighted by Crippen LogP contribution is -2.33. The fraction of sp³-hybridized carbons (Fsp3) is 0.526. The van der Waals surface area contributed by atoms with Crippen LogP contribution in [0.2, 0.25) is 0 Å². The molecule has 236 valence electrons. The normalized spacial score (nSPS) is 24.5. The SMILES string of the molecule is CCc1cc(Br)ccc1C=C1C(=O)C(C)(C)OC12CCCC2.CCc1cc(Br)ccc1C=C1C(=O)C2(CCCC2)OC1(C)C. The van der Waals surface area contributed by atoms with E-state index in [2.05, 4.69) is 82.1 Å². The zero-order valence-electron chi connectivity index (χ0n) is 27.1. The highest BCUT2D eigenvalue weighted by Crippen LogP contribution is 2.50. The molecule has 6 heteroatoms. The lowest BCUT2D eigenvalue weighted by molar-refractivity contribution is -0.136. The molecule has 0 atom stereocenters. The van der Waals surface area contributed by atoms with Crippen LogP contribution in [0.25, 0.3) is 12.2 Å². The average molecular weight is 727 g/mol. The molecular weight excluding hydrogens is 680 g/mol. The van der Waals surface area contributed by atoms with Gasteiger partial charge in [-0.1, -0.05) is 70.7 Å². The van der Waals surface area contributed by atoms with E-state index in [0.717, 1.165) is 95.4 Å². The minimum atomic E-state index is -0.697. The van der Waals surface area contributed by atoms with Gasteiger partial charge in [0.15, 0.2) is 11.6 Å². The van der Waals surface area contributed by atoms with E-state index in [1.807, 2.05) is 39.8 Å². The molecular formula is C38H46Br2O4. The third-order valence-electron chi connectivity index (χ3n) is 9.88. The van der Waals surface area contributed by atoms with Crippen molar-refractivity contribution in [2.45, 2.75) is 128 Å². The number of benzene rings is 2. The van der Waals surface area contributed by atoms with Crippen LogP contribution in [0.5, 0.6) is 0 Å². The third kappa shape index (κ3) is 6.38. The van der Waals surface area contributed by atoms with Crippen LogP contribution in [-0.2, 0) is 31.9 Å². The maximum absolute atomic E-state index is 13.0. The first-order chi connectivity index (χ1) is 20.8. The van der Waals surface area contributed by atoms with Crippen molar-refractivity contribution in [3.8, 4) is 0 Å². The molecule has 2 saturated carbocycles. The molecule has 0 radical (unpaired) electrons. The van der Waals surface area contributed by atoms with Gasteiger partial charge in [-0.2, -0.15) is 0 Å². The standard InChI is InChI=1S/2C19H23BrO2/c1-4-13-11-15(20)8-7-14(13)12-16-17(21)18(2,3)22-19(16)9-5-6-10-19;1-4-13-11-15(20)8-7-14(13)12-16-17(21)19(9-5-6-10-19)22-18(16,2)3/h2*7-8,11-12H,4-6,9-10H2,1-3H3. The van der Waals surface area contributed by atoms with E-state index in [-0.39, 0.29) is 17.2 Å². The number of Topliss-reactive ketones (excluding diaryl/α,β-unsaturated/α-hetero) is 2. The summed E-state index contributed by atoms with van der Waals surface area (Å²) < 4.78 is 14.7. The van der Waals surface area contributed by atoms with Crippen LogP contribution in [0, 0.1) is 0 Å². The van der Waals surface area contributed by atoms with Crippen LogP contribution in [0.1, 0.15) is 115 Å². The Morgan fingerprint density at radius 3 is 1.55 bits per heavy atom. The Labute approximate surface area is 280 Å². The highest BCUT2D eigenvalue weighted by atomic mass is 79.9. The van der Waals surface area contributed by atoms with Crippen LogP contribution in [-0.4, -0.2) is 34.0 Å². The fourth-order valence-corrected chi connectivity index (χ4v) is 8.43. The Balaban J connectivity index is 0.000000175. The van der Waals surface area contributed by atoms with Crippen molar-refractivity contribution in [2.75, 3.05) is 0 Å². The molecule has 0 aromatic heterocycles. The van der Waals surface area contributed by atoms with Gasteiger partial charge in [0.2, 0.25) is 0 Å². The molecule has 2 spiro atoms. The second-order valence-corrected chi connectivity index (χ2v) is 15.6. The molecule has 4 fully saturated rings. The van der Waals surface area contributed by atoms with E-state index in [1.165, 1.54) is 11.1 Å². The zero-order valence-corrected chi connectivity index (χ0v) is 30.3. The van der Waals surface area contributed by atoms with Gasteiger partial charge < -0.3 is 9.47 Å². The van der Waals surface area contributed by atoms with Crippen molar-refractivity contribution in [1.29, 1.82) is 0 Å². The largest absolute Gasteiger partial charge is 0.356 e. The van der Waals surface area contributed by atoms with E-state index in [1.54, 1.807) is 0 Å². The van der Waals surface area contributed by atoms with Crippen LogP contribution in [0.15, 0.2) is 56.5 Å². The quantitative estimate of drug-likeness (QED) is 0.295. The highest BCUT2D eigenvalue weighted by Gasteiger charge is 2.56. The van der Waals surface area contributed by atoms with Gasteiger partial charge in [-0.25, -0.2) is 0 Å². The van der Waals surface area contributed by atoms with Gasteiger partial charge >= 0.3 is 0 Å². The Kier molecular flexibility index (Phi) is 9.70. The Morgan fingerprint density at radius 1 is 0.636 bits per heavy atom. The molecule has 2 aromatic carbocycles. The van der Waals surface area contributed by atoms with Gasteiger partial charge in [-0.05, 0) is 138 Å². The molecule has 6 rings (SSSR count). The van der Waals surface area contributed by atoms with Gasteiger partial charge in [-0.3, -0.25) is 9.59 Å². The van der Waals surface area contributed by atoms with Crippen molar-refractivity contribution < 1.29 is 19.1 Å². The number of ketones is 2. The van der Waals surface area contributed by atoms with Crippen molar-refractivity contribution in [1.82, 2.24) is 0 Å². The molecule has 2 aromatic rings. The number of aryl methyl sites for hydroxylation is 2. The number of carbonyl (C=O) groups is 2. The molecule has 0 N–H and O–H groups in total. The molecule has 4 nitrogen and oxygen atoms in total. The van der Waals surface area contributed by atoms with E-state index >= 15 is 0 Å². The third-order valence-corrected chi connectivity index (χ3v) is 10.9. The Bertz CT molecular complexity index is 1500. The molecule has 4 aliphatic rings. The number of ether oxygens (including phenoxy) is 2. The van der Waals surface area contributed by atoms with Crippen molar-refractivity contribution in [3.63, 3.8) is 0 Å². The monoisotopic (exact) mass is 724 g/mol. The molecule has 2 saturated heterocycles. The number of halogens is 2. The topological polar surface area (TPSA) is 52.6 Å². The van der Waals surface area contributed by atoms with Gasteiger partial charge in [-0.15, -0.1) is 0 Å². The summed E-state index contributed by atoms with van der Waals surface area (Å²) in [6.07, 6.45) is 14.2. The van der Waals surface area contributed by atoms with Crippen LogP contribution in [0.4, 0.5) is 0 Å². The highest BCUT2D eigenvalue weighted by molar-refractivity contribution is 9.10. The van der Waals surface area contributed by atoms with E-state index in [0.29, 0.717) is 0 Å². The smallest absolute Gasteiger partial charge is 0.193 e. The van der Waals surface area contributed by atoms with Crippen molar-refractivity contribution in [2.24, 2.45) is 0 Å².